The zero-order valence-electron chi connectivity index (χ0n) is 11.8. The molecule has 0 aliphatic carbocycles. The predicted octanol–water partition coefficient (Wildman–Crippen LogP) is 2.21. The maximum atomic E-state index is 13.0. The molecule has 0 bridgehead atoms. The Bertz CT molecular complexity index is 623. The number of carboxylic acid groups (broad SMARTS) is 1. The Labute approximate surface area is 121 Å². The molecule has 0 amide bonds. The number of benzene rings is 1. The van der Waals surface area contributed by atoms with Crippen LogP contribution in [0, 0.1) is 5.82 Å². The fourth-order valence-corrected chi connectivity index (χ4v) is 1.88. The second kappa shape index (κ2) is 6.45. The van der Waals surface area contributed by atoms with Gasteiger partial charge in [0.05, 0.1) is 19.3 Å². The van der Waals surface area contributed by atoms with E-state index in [1.54, 1.807) is 0 Å². The molecule has 0 spiro atoms. The van der Waals surface area contributed by atoms with Crippen LogP contribution in [0.2, 0.25) is 0 Å². The van der Waals surface area contributed by atoms with Gasteiger partial charge in [0.15, 0.2) is 5.69 Å². The molecule has 0 aliphatic heterocycles. The molecule has 0 radical (unpaired) electrons. The number of carbonyl (C=O) groups is 1. The summed E-state index contributed by atoms with van der Waals surface area (Å²) in [6.07, 6.45) is 0.0711. The zero-order chi connectivity index (χ0) is 15.4. The molecule has 2 aromatic rings. The third kappa shape index (κ3) is 3.63. The summed E-state index contributed by atoms with van der Waals surface area (Å²) in [5, 5.41) is 16.7. The van der Waals surface area contributed by atoms with Gasteiger partial charge >= 0.3 is 5.97 Å². The van der Waals surface area contributed by atoms with Crippen molar-refractivity contribution in [2.24, 2.45) is 0 Å². The molecular formula is C14H16FN3O3. The number of ether oxygens (including phenoxy) is 1. The zero-order valence-corrected chi connectivity index (χ0v) is 11.8. The van der Waals surface area contributed by atoms with Gasteiger partial charge in [-0.25, -0.2) is 13.9 Å². The minimum atomic E-state index is -1.18. The van der Waals surface area contributed by atoms with Crippen molar-refractivity contribution >= 4 is 5.97 Å². The van der Waals surface area contributed by atoms with E-state index in [4.69, 9.17) is 4.74 Å². The first-order chi connectivity index (χ1) is 9.99. The van der Waals surface area contributed by atoms with Gasteiger partial charge in [-0.2, -0.15) is 0 Å². The first-order valence-corrected chi connectivity index (χ1v) is 6.53. The van der Waals surface area contributed by atoms with Crippen molar-refractivity contribution in [2.45, 2.75) is 26.5 Å². The summed E-state index contributed by atoms with van der Waals surface area (Å²) in [6, 6.07) is 5.53. The number of nitrogens with zero attached hydrogens (tertiary/aromatic N) is 3. The topological polar surface area (TPSA) is 77.2 Å². The summed E-state index contributed by atoms with van der Waals surface area (Å²) in [4.78, 5) is 11.2. The Morgan fingerprint density at radius 1 is 1.38 bits per heavy atom. The van der Waals surface area contributed by atoms with Crippen LogP contribution in [0.1, 0.15) is 24.3 Å². The number of hydrogen-bond acceptors (Lipinski definition) is 4. The highest BCUT2D eigenvalue weighted by Gasteiger charge is 2.20. The Kier molecular flexibility index (Phi) is 4.64. The highest BCUT2D eigenvalue weighted by molar-refractivity contribution is 5.92. The van der Waals surface area contributed by atoms with E-state index in [1.165, 1.54) is 28.9 Å². The lowest BCUT2D eigenvalue weighted by Gasteiger charge is -2.10. The van der Waals surface area contributed by atoms with Crippen molar-refractivity contribution < 1.29 is 19.0 Å². The smallest absolute Gasteiger partial charge is 0.358 e. The van der Waals surface area contributed by atoms with Crippen LogP contribution in [0.25, 0.3) is 11.3 Å². The first-order valence-electron chi connectivity index (χ1n) is 6.53. The second-order valence-electron chi connectivity index (χ2n) is 4.74. The first kappa shape index (κ1) is 15.1. The summed E-state index contributed by atoms with van der Waals surface area (Å²) in [5.41, 5.74) is 0.726. The lowest BCUT2D eigenvalue weighted by atomic mass is 10.1. The Balaban J connectivity index is 2.33. The van der Waals surface area contributed by atoms with Crippen LogP contribution in [-0.4, -0.2) is 38.8 Å². The maximum absolute atomic E-state index is 13.0. The Hall–Kier alpha value is -2.28. The largest absolute Gasteiger partial charge is 0.476 e. The summed E-state index contributed by atoms with van der Waals surface area (Å²) in [7, 11) is 0. The van der Waals surface area contributed by atoms with Crippen LogP contribution in [0.3, 0.4) is 0 Å². The summed E-state index contributed by atoms with van der Waals surface area (Å²) < 4.78 is 19.9. The standard InChI is InChI=1S/C14H16FN3O3/c1-9(2)21-8-7-18-13(12(14(19)20)16-17-18)10-3-5-11(15)6-4-10/h3-6,9H,7-8H2,1-2H3,(H,19,20). The van der Waals surface area contributed by atoms with Crippen molar-refractivity contribution in [3.8, 4) is 11.3 Å². The lowest BCUT2D eigenvalue weighted by molar-refractivity contribution is 0.0687. The molecule has 0 saturated heterocycles. The van der Waals surface area contributed by atoms with E-state index in [0.29, 0.717) is 24.4 Å². The molecule has 0 saturated carbocycles. The fraction of sp³-hybridized carbons (Fsp3) is 0.357. The van der Waals surface area contributed by atoms with Crippen LogP contribution in [-0.2, 0) is 11.3 Å². The number of aromatic nitrogens is 3. The van der Waals surface area contributed by atoms with Crippen LogP contribution in [0.4, 0.5) is 4.39 Å². The molecule has 0 aliphatic rings. The summed E-state index contributed by atoms with van der Waals surface area (Å²) >= 11 is 0. The van der Waals surface area contributed by atoms with Crippen LogP contribution < -0.4 is 0 Å². The fourth-order valence-electron chi connectivity index (χ4n) is 1.88. The van der Waals surface area contributed by atoms with Gasteiger partial charge in [-0.15, -0.1) is 5.10 Å². The van der Waals surface area contributed by atoms with Gasteiger partial charge in [0.1, 0.15) is 11.5 Å². The molecule has 0 unspecified atom stereocenters. The van der Waals surface area contributed by atoms with Crippen LogP contribution in [0.15, 0.2) is 24.3 Å². The second-order valence-corrected chi connectivity index (χ2v) is 4.74. The van der Waals surface area contributed by atoms with E-state index in [2.05, 4.69) is 10.3 Å². The average Bonchev–Trinajstić information content (AvgIpc) is 2.83. The van der Waals surface area contributed by atoms with Gasteiger partial charge in [0, 0.05) is 5.56 Å². The summed E-state index contributed by atoms with van der Waals surface area (Å²) in [6.45, 7) is 4.56. The molecule has 112 valence electrons. The number of rotatable bonds is 6. The third-order valence-electron chi connectivity index (χ3n) is 2.81. The van der Waals surface area contributed by atoms with Gasteiger partial charge in [0.2, 0.25) is 0 Å². The minimum Gasteiger partial charge on any atom is -0.476 e. The highest BCUT2D eigenvalue weighted by Crippen LogP contribution is 2.22. The van der Waals surface area contributed by atoms with E-state index < -0.39 is 11.8 Å². The Morgan fingerprint density at radius 2 is 2.05 bits per heavy atom. The van der Waals surface area contributed by atoms with E-state index in [-0.39, 0.29) is 11.8 Å². The molecule has 0 fully saturated rings. The quantitative estimate of drug-likeness (QED) is 0.883. The number of carboxylic acids is 1. The Morgan fingerprint density at radius 3 is 2.62 bits per heavy atom. The maximum Gasteiger partial charge on any atom is 0.358 e. The highest BCUT2D eigenvalue weighted by atomic mass is 19.1. The van der Waals surface area contributed by atoms with E-state index in [0.717, 1.165) is 0 Å². The van der Waals surface area contributed by atoms with Crippen molar-refractivity contribution in [1.82, 2.24) is 15.0 Å². The molecule has 1 N–H and O–H groups in total. The minimum absolute atomic E-state index is 0.0711. The molecule has 0 atom stereocenters. The predicted molar refractivity (Wildman–Crippen MR) is 73.5 cm³/mol. The average molecular weight is 293 g/mol. The van der Waals surface area contributed by atoms with Gasteiger partial charge in [-0.1, -0.05) is 5.21 Å². The molecule has 6 nitrogen and oxygen atoms in total. The van der Waals surface area contributed by atoms with Gasteiger partial charge < -0.3 is 9.84 Å². The van der Waals surface area contributed by atoms with Crippen molar-refractivity contribution in [1.29, 1.82) is 0 Å². The van der Waals surface area contributed by atoms with Crippen molar-refractivity contribution in [2.75, 3.05) is 6.61 Å². The molecule has 7 heteroatoms. The monoisotopic (exact) mass is 293 g/mol. The van der Waals surface area contributed by atoms with Crippen LogP contribution >= 0.6 is 0 Å². The normalized spacial score (nSPS) is 11.0. The SMILES string of the molecule is CC(C)OCCn1nnc(C(=O)O)c1-c1ccc(F)cc1. The van der Waals surface area contributed by atoms with Crippen molar-refractivity contribution in [3.05, 3.63) is 35.8 Å². The van der Waals surface area contributed by atoms with Gasteiger partial charge in [-0.05, 0) is 38.1 Å². The lowest BCUT2D eigenvalue weighted by Crippen LogP contribution is -2.13. The molecule has 21 heavy (non-hydrogen) atoms. The number of halogens is 1. The van der Waals surface area contributed by atoms with Gasteiger partial charge in [0.25, 0.3) is 0 Å². The molecule has 1 aromatic heterocycles. The van der Waals surface area contributed by atoms with E-state index in [1.807, 2.05) is 13.8 Å². The van der Waals surface area contributed by atoms with Crippen molar-refractivity contribution in [3.63, 3.8) is 0 Å². The van der Waals surface area contributed by atoms with E-state index >= 15 is 0 Å². The van der Waals surface area contributed by atoms with E-state index in [9.17, 15) is 14.3 Å². The molecule has 1 heterocycles. The number of aromatic carboxylic acids is 1. The third-order valence-corrected chi connectivity index (χ3v) is 2.81. The van der Waals surface area contributed by atoms with Gasteiger partial charge in [-0.3, -0.25) is 0 Å². The molecule has 2 rings (SSSR count). The molecule has 1 aromatic carbocycles. The van der Waals surface area contributed by atoms with Crippen LogP contribution in [0.5, 0.6) is 0 Å². The summed E-state index contributed by atoms with van der Waals surface area (Å²) in [5.74, 6) is -1.57. The number of hydrogen-bond donors (Lipinski definition) is 1. The molecular weight excluding hydrogens is 277 g/mol.